The maximum absolute atomic E-state index is 10.3. The van der Waals surface area contributed by atoms with Gasteiger partial charge in [-0.05, 0) is 28.2 Å². The summed E-state index contributed by atoms with van der Waals surface area (Å²) >= 11 is 0. The Morgan fingerprint density at radius 3 is 0.616 bits per heavy atom. The number of aliphatic carboxylic acids is 1. The Kier molecular flexibility index (Phi) is 89.2. The van der Waals surface area contributed by atoms with Crippen LogP contribution in [0.2, 0.25) is 0 Å². The molecule has 0 aliphatic heterocycles. The van der Waals surface area contributed by atoms with Gasteiger partial charge in [0.1, 0.15) is 29.5 Å². The number of nitrogens with one attached hydrogen (secondary N) is 2. The number of ether oxygens (including phenoxy) is 1. The second-order valence-corrected chi connectivity index (χ2v) is 29.7. The van der Waals surface area contributed by atoms with Crippen molar-refractivity contribution < 1.29 is 92.7 Å². The van der Waals surface area contributed by atoms with Crippen LogP contribution in [0.15, 0.2) is 0 Å². The molecule has 0 radical (unpaired) electrons. The number of amides is 3. The molecule has 73 heavy (non-hydrogen) atoms. The van der Waals surface area contributed by atoms with Crippen molar-refractivity contribution in [2.24, 2.45) is 10.9 Å². The zero-order chi connectivity index (χ0) is 63.9. The highest BCUT2D eigenvalue weighted by molar-refractivity contribution is 7.91. The van der Waals surface area contributed by atoms with Crippen molar-refractivity contribution in [1.29, 1.82) is 0 Å². The van der Waals surface area contributed by atoms with Gasteiger partial charge in [0.15, 0.2) is 0 Å². The second kappa shape index (κ2) is 61.3. The number of hydrogen-bond acceptors (Lipinski definition) is 21. The van der Waals surface area contributed by atoms with Crippen LogP contribution in [-0.2, 0) is 98.3 Å². The summed E-state index contributed by atoms with van der Waals surface area (Å²) < 4.78 is 147. The molecule has 0 aromatic carbocycles. The lowest BCUT2D eigenvalue weighted by molar-refractivity contribution is -0.138. The molecule has 0 aliphatic rings. The van der Waals surface area contributed by atoms with Gasteiger partial charge in [-0.15, -0.1) is 0 Å². The molecule has 36 heteroatoms. The van der Waals surface area contributed by atoms with E-state index < -0.39 is 75.6 Å². The molecule has 0 saturated carbocycles. The maximum Gasteiger partial charge on any atom is 0.302 e. The fourth-order valence-corrected chi connectivity index (χ4v) is 0. The van der Waals surface area contributed by atoms with Crippen LogP contribution in [0, 0.1) is 0 Å². The lowest BCUT2D eigenvalue weighted by Crippen LogP contribution is -2.19. The molecule has 29 nitrogen and oxygen atoms in total. The third kappa shape index (κ3) is 461. The van der Waals surface area contributed by atoms with E-state index in [9.17, 15) is 78.1 Å². The zero-order valence-electron chi connectivity index (χ0n) is 49.0. The van der Waals surface area contributed by atoms with Crippen molar-refractivity contribution in [1.82, 2.24) is 28.4 Å². The summed E-state index contributed by atoms with van der Waals surface area (Å²) in [6, 6.07) is 0. The first kappa shape index (κ1) is 106. The number of esters is 1. The van der Waals surface area contributed by atoms with E-state index in [0.29, 0.717) is 0 Å². The van der Waals surface area contributed by atoms with Gasteiger partial charge < -0.3 is 30.7 Å². The Labute approximate surface area is 443 Å². The summed E-state index contributed by atoms with van der Waals surface area (Å²) in [4.78, 5) is 51.1. The first-order valence-electron chi connectivity index (χ1n) is 20.0. The fourth-order valence-electron chi connectivity index (χ4n) is 0. The molecule has 0 spiro atoms. The van der Waals surface area contributed by atoms with Crippen molar-refractivity contribution in [3.8, 4) is 0 Å². The smallest absolute Gasteiger partial charge is 0.302 e. The summed E-state index contributed by atoms with van der Waals surface area (Å²) in [7, 11) is -0.134. The van der Waals surface area contributed by atoms with Crippen LogP contribution in [-0.4, -0.2) is 258 Å². The van der Waals surface area contributed by atoms with E-state index in [1.54, 1.807) is 35.0 Å². The summed E-state index contributed by atoms with van der Waals surface area (Å²) in [5.74, 6) is -0.829. The monoisotopic (exact) mass is 1220 g/mol. The molecule has 7 N–H and O–H groups in total. The van der Waals surface area contributed by atoms with Crippen molar-refractivity contribution in [2.75, 3.05) is 146 Å². The zero-order valence-corrected chi connectivity index (χ0v) is 54.8. The third-order valence-corrected chi connectivity index (χ3v) is 9.51. The minimum atomic E-state index is -3.17. The van der Waals surface area contributed by atoms with Crippen LogP contribution in [0.25, 0.3) is 0 Å². The van der Waals surface area contributed by atoms with E-state index in [-0.39, 0.29) is 35.2 Å². The fraction of sp³-hybridized carbons (Fsp3) is 0.865. The van der Waals surface area contributed by atoms with E-state index in [1.165, 1.54) is 93.9 Å². The first-order valence-corrected chi connectivity index (χ1v) is 33.9. The van der Waals surface area contributed by atoms with E-state index in [1.807, 2.05) is 26.0 Å². The molecule has 0 rings (SSSR count). The number of hydrogen-bond donors (Lipinski definition) is 5. The molecular weight excluding hydrogens is 1120 g/mol. The molecule has 0 aromatic heterocycles. The highest BCUT2D eigenvalue weighted by atomic mass is 32.2. The minimum Gasteiger partial charge on any atom is -0.481 e. The molecule has 0 aromatic rings. The number of methoxy groups -OCH3 is 1. The van der Waals surface area contributed by atoms with Crippen molar-refractivity contribution in [3.05, 3.63) is 0 Å². The van der Waals surface area contributed by atoms with Gasteiger partial charge in [0.2, 0.25) is 57.8 Å². The number of sulfonamides is 4. The number of primary amides is 1. The van der Waals surface area contributed by atoms with Crippen LogP contribution in [0.4, 0.5) is 0 Å². The van der Waals surface area contributed by atoms with Gasteiger partial charge in [0, 0.05) is 120 Å². The van der Waals surface area contributed by atoms with E-state index in [4.69, 9.17) is 9.90 Å². The molecular formula is C37H100N8O21S7. The van der Waals surface area contributed by atoms with Gasteiger partial charge in [-0.1, -0.05) is 34.1 Å². The molecule has 0 unspecified atom stereocenters. The normalized spacial score (nSPS) is 9.88. The Morgan fingerprint density at radius 1 is 0.534 bits per heavy atom. The molecule has 0 bridgehead atoms. The maximum atomic E-state index is 10.3. The first-order chi connectivity index (χ1) is 31.4. The second-order valence-electron chi connectivity index (χ2n) is 14.6. The number of rotatable bonds is 5. The lowest BCUT2D eigenvalue weighted by atomic mass is 10.6. The van der Waals surface area contributed by atoms with Crippen LogP contribution >= 0.6 is 0 Å². The number of carbonyl (C=O) groups excluding carboxylic acids is 4. The third-order valence-electron chi connectivity index (χ3n) is 4.02. The van der Waals surface area contributed by atoms with Crippen LogP contribution in [0.1, 0.15) is 68.7 Å². The van der Waals surface area contributed by atoms with E-state index >= 15 is 0 Å². The Bertz CT molecular complexity index is 1940. The highest BCUT2D eigenvalue weighted by Gasteiger charge is 2.01. The van der Waals surface area contributed by atoms with Gasteiger partial charge in [-0.25, -0.2) is 77.4 Å². The lowest BCUT2D eigenvalue weighted by Gasteiger charge is -2.02. The Balaban J connectivity index is -0.0000000430. The Morgan fingerprint density at radius 2 is 0.616 bits per heavy atom. The number of carboxylic acid groups (broad SMARTS) is 1. The largest absolute Gasteiger partial charge is 0.481 e. The van der Waals surface area contributed by atoms with Gasteiger partial charge in [0.25, 0.3) is 5.97 Å². The average molecular weight is 1220 g/mol. The molecule has 456 valence electrons. The molecule has 3 amide bonds. The number of nitrogens with two attached hydrogens (primary N) is 2. The average Bonchev–Trinajstić information content (AvgIpc) is 3.10. The van der Waals surface area contributed by atoms with Crippen molar-refractivity contribution >= 4 is 99.3 Å². The van der Waals surface area contributed by atoms with Gasteiger partial charge >= 0.3 is 5.97 Å². The Hall–Kier alpha value is -3.20. The van der Waals surface area contributed by atoms with Crippen molar-refractivity contribution in [2.45, 2.75) is 68.7 Å². The molecule has 0 atom stereocenters. The van der Waals surface area contributed by atoms with Crippen LogP contribution in [0.3, 0.4) is 0 Å². The van der Waals surface area contributed by atoms with Crippen LogP contribution < -0.4 is 20.9 Å². The van der Waals surface area contributed by atoms with Gasteiger partial charge in [-0.2, -0.15) is 0 Å². The SMILES string of the molecule is CC(=O)N(C)C.CC(=O)O.CC(N)=O.CCC.CCS(C)(=O)=O.CCS(C)(=O)=O.CN(C)C.CN(C)S(C)(=O)=O.CN(C)S(C)(=O)=O.CNC(C)=O.CNS(C)(=O)=O.COC(C)=O.CS(C)(=O)=O.CS(N)(=O)=O. The standard InChI is InChI=1S/C4H9NO.2C3H9NO2S.C3H7NO.C3H9N.2C3H8O2S.C3H6O2.C3H8.C2H7NO2S.C2H5NO.C2H6O2S.C2H4O2.CH5NO2S/c1-4(6)5(2)3;2*1-4(2)7(3,5)6;1-3(5)4-2;1-4(2)3;2*1-3-6(2,4)5;1-3(4)5-2;1-3-2;1-3-6(2,4)5;1-2(3)4;1-5(2,3)4;1-2(3)4;1-5(2,3)4/h1-3H3;2*1-3H3;1-2H3,(H,4,5);1-3H3;2*3H2,1-2H3;1-2H3;3H2,1-2H3;3H,1-2H3;1H3,(H2,3,4);1-2H3;1H3,(H,3,4);1H3,(H2,2,3,4). The molecule has 0 aliphatic carbocycles. The topological polar surface area (TPSA) is 443 Å². The van der Waals surface area contributed by atoms with Gasteiger partial charge in [-0.3, -0.25) is 24.0 Å². The van der Waals surface area contributed by atoms with Crippen molar-refractivity contribution in [3.63, 3.8) is 0 Å². The summed E-state index contributed by atoms with van der Waals surface area (Å²) in [6.45, 7) is 14.2. The summed E-state index contributed by atoms with van der Waals surface area (Å²) in [6.07, 6.45) is 10.4. The van der Waals surface area contributed by atoms with E-state index in [2.05, 4.69) is 39.5 Å². The van der Waals surface area contributed by atoms with E-state index in [0.717, 1.165) is 53.1 Å². The van der Waals surface area contributed by atoms with Crippen LogP contribution in [0.5, 0.6) is 0 Å². The highest BCUT2D eigenvalue weighted by Crippen LogP contribution is 1.83. The molecule has 0 saturated heterocycles. The quantitative estimate of drug-likeness (QED) is 0.187. The number of nitrogens with zero attached hydrogens (tertiary/aromatic N) is 4. The van der Waals surface area contributed by atoms with Gasteiger partial charge in [0.05, 0.1) is 32.1 Å². The molecule has 0 heterocycles. The summed E-state index contributed by atoms with van der Waals surface area (Å²) in [5, 5.41) is 14.1. The number of carboxylic acids is 1. The summed E-state index contributed by atoms with van der Waals surface area (Å²) in [5.41, 5.74) is 4.47. The number of sulfone groups is 3. The number of primary sulfonamides is 1. The predicted molar refractivity (Wildman–Crippen MR) is 297 cm³/mol. The molecule has 0 fully saturated rings. The minimum absolute atomic E-state index is 0.00463. The predicted octanol–water partition coefficient (Wildman–Crippen LogP) is -1.95. The number of carbonyl (C=O) groups is 5.